The van der Waals surface area contributed by atoms with Gasteiger partial charge in [0, 0.05) is 25.5 Å². The van der Waals surface area contributed by atoms with Crippen LogP contribution in [0.25, 0.3) is 17.1 Å². The summed E-state index contributed by atoms with van der Waals surface area (Å²) in [7, 11) is 0. The number of amides is 1. The molecule has 1 aliphatic heterocycles. The normalized spacial score (nSPS) is 17.2. The van der Waals surface area contributed by atoms with Gasteiger partial charge in [0.15, 0.2) is 6.29 Å². The SMILES string of the molecule is O=C(C=Cc1cccc(Cc2nc3ccccc3[nH]2)c1)NOC1CCCCO1. The first kappa shape index (κ1) is 18.4. The number of para-hydroxylation sites is 2. The van der Waals surface area contributed by atoms with E-state index in [4.69, 9.17) is 9.57 Å². The van der Waals surface area contributed by atoms with Crippen molar-refractivity contribution in [2.75, 3.05) is 6.61 Å². The van der Waals surface area contributed by atoms with E-state index in [0.717, 1.165) is 47.2 Å². The number of aromatic nitrogens is 2. The lowest BCUT2D eigenvalue weighted by Crippen LogP contribution is -2.32. The van der Waals surface area contributed by atoms with E-state index in [1.165, 1.54) is 6.08 Å². The number of H-pyrrole nitrogens is 1. The van der Waals surface area contributed by atoms with Crippen molar-refractivity contribution in [2.24, 2.45) is 0 Å². The molecule has 1 unspecified atom stereocenters. The van der Waals surface area contributed by atoms with Gasteiger partial charge in [-0.3, -0.25) is 4.79 Å². The van der Waals surface area contributed by atoms with Crippen molar-refractivity contribution >= 4 is 23.0 Å². The average Bonchev–Trinajstić information content (AvgIpc) is 3.14. The number of ether oxygens (including phenoxy) is 1. The molecule has 2 N–H and O–H groups in total. The smallest absolute Gasteiger partial charge is 0.267 e. The number of carbonyl (C=O) groups excluding carboxylic acids is 1. The fourth-order valence-electron chi connectivity index (χ4n) is 3.22. The molecular formula is C22H23N3O3. The minimum absolute atomic E-state index is 0.308. The predicted molar refractivity (Wildman–Crippen MR) is 107 cm³/mol. The van der Waals surface area contributed by atoms with Crippen LogP contribution in [0.15, 0.2) is 54.6 Å². The Morgan fingerprint density at radius 1 is 1.25 bits per heavy atom. The standard InChI is InChI=1S/C22H23N3O3/c26-21(25-28-22-10-3-4-13-27-22)12-11-16-6-5-7-17(14-16)15-20-23-18-8-1-2-9-19(18)24-20/h1-2,5-9,11-12,14,22H,3-4,10,13,15H2,(H,23,24)(H,25,26). The summed E-state index contributed by atoms with van der Waals surface area (Å²) in [4.78, 5) is 25.2. The van der Waals surface area contributed by atoms with E-state index >= 15 is 0 Å². The van der Waals surface area contributed by atoms with Gasteiger partial charge in [0.1, 0.15) is 5.82 Å². The molecule has 0 saturated carbocycles. The lowest BCUT2D eigenvalue weighted by atomic mass is 10.1. The Morgan fingerprint density at radius 3 is 3.04 bits per heavy atom. The van der Waals surface area contributed by atoms with Gasteiger partial charge in [-0.1, -0.05) is 36.4 Å². The van der Waals surface area contributed by atoms with Gasteiger partial charge in [-0.2, -0.15) is 0 Å². The molecule has 0 radical (unpaired) electrons. The first-order valence-electron chi connectivity index (χ1n) is 9.54. The Kier molecular flexibility index (Phi) is 5.80. The van der Waals surface area contributed by atoms with Crippen molar-refractivity contribution in [1.29, 1.82) is 0 Å². The molecule has 2 heterocycles. The zero-order valence-electron chi connectivity index (χ0n) is 15.6. The summed E-state index contributed by atoms with van der Waals surface area (Å²) in [6.45, 7) is 0.675. The van der Waals surface area contributed by atoms with Gasteiger partial charge in [-0.15, -0.1) is 0 Å². The summed E-state index contributed by atoms with van der Waals surface area (Å²) in [5.74, 6) is 0.609. The largest absolute Gasteiger partial charge is 0.350 e. The van der Waals surface area contributed by atoms with Crippen LogP contribution in [0.3, 0.4) is 0 Å². The minimum Gasteiger partial charge on any atom is -0.350 e. The summed E-state index contributed by atoms with van der Waals surface area (Å²) >= 11 is 0. The molecule has 1 saturated heterocycles. The molecular weight excluding hydrogens is 354 g/mol. The fourth-order valence-corrected chi connectivity index (χ4v) is 3.22. The molecule has 1 fully saturated rings. The van der Waals surface area contributed by atoms with E-state index in [2.05, 4.69) is 15.4 Å². The van der Waals surface area contributed by atoms with Crippen LogP contribution in [0.4, 0.5) is 0 Å². The molecule has 0 bridgehead atoms. The first-order valence-corrected chi connectivity index (χ1v) is 9.54. The third-order valence-electron chi connectivity index (χ3n) is 4.62. The maximum Gasteiger partial charge on any atom is 0.267 e. The maximum absolute atomic E-state index is 11.9. The molecule has 6 nitrogen and oxygen atoms in total. The molecule has 2 aromatic carbocycles. The Morgan fingerprint density at radius 2 is 2.18 bits per heavy atom. The molecule has 0 spiro atoms. The number of hydrogen-bond donors (Lipinski definition) is 2. The van der Waals surface area contributed by atoms with Gasteiger partial charge < -0.3 is 9.72 Å². The number of nitrogens with one attached hydrogen (secondary N) is 2. The number of benzene rings is 2. The van der Waals surface area contributed by atoms with E-state index in [-0.39, 0.29) is 12.2 Å². The third-order valence-corrected chi connectivity index (χ3v) is 4.62. The third kappa shape index (κ3) is 4.85. The second-order valence-electron chi connectivity index (χ2n) is 6.84. The molecule has 1 aliphatic rings. The van der Waals surface area contributed by atoms with Crippen molar-refractivity contribution in [3.63, 3.8) is 0 Å². The van der Waals surface area contributed by atoms with Crippen LogP contribution >= 0.6 is 0 Å². The number of carbonyl (C=O) groups is 1. The Bertz CT molecular complexity index is 941. The van der Waals surface area contributed by atoms with Crippen LogP contribution in [0.5, 0.6) is 0 Å². The molecule has 1 aromatic heterocycles. The van der Waals surface area contributed by atoms with Crippen molar-refractivity contribution in [1.82, 2.24) is 15.4 Å². The van der Waals surface area contributed by atoms with Crippen LogP contribution < -0.4 is 5.48 Å². The van der Waals surface area contributed by atoms with Gasteiger partial charge in [0.2, 0.25) is 0 Å². The van der Waals surface area contributed by atoms with Gasteiger partial charge in [-0.25, -0.2) is 15.3 Å². The van der Waals surface area contributed by atoms with Crippen LogP contribution in [-0.4, -0.2) is 28.8 Å². The Hall–Kier alpha value is -2.96. The minimum atomic E-state index is -0.349. The van der Waals surface area contributed by atoms with Crippen LogP contribution in [0, 0.1) is 0 Å². The second-order valence-corrected chi connectivity index (χ2v) is 6.84. The molecule has 28 heavy (non-hydrogen) atoms. The number of rotatable bonds is 6. The summed E-state index contributed by atoms with van der Waals surface area (Å²) < 4.78 is 5.42. The molecule has 1 atom stereocenters. The van der Waals surface area contributed by atoms with Crippen LogP contribution in [0.1, 0.15) is 36.2 Å². The maximum atomic E-state index is 11.9. The van der Waals surface area contributed by atoms with E-state index in [0.29, 0.717) is 13.0 Å². The number of imidazole rings is 1. The first-order chi connectivity index (χ1) is 13.8. The average molecular weight is 377 g/mol. The molecule has 4 rings (SSSR count). The highest BCUT2D eigenvalue weighted by molar-refractivity contribution is 5.90. The Balaban J connectivity index is 1.34. The molecule has 144 valence electrons. The second kappa shape index (κ2) is 8.82. The van der Waals surface area contributed by atoms with Crippen molar-refractivity contribution < 1.29 is 14.4 Å². The van der Waals surface area contributed by atoms with E-state index in [1.54, 1.807) is 6.08 Å². The van der Waals surface area contributed by atoms with Crippen molar-refractivity contribution in [3.05, 3.63) is 71.6 Å². The highest BCUT2D eigenvalue weighted by Crippen LogP contribution is 2.15. The summed E-state index contributed by atoms with van der Waals surface area (Å²) in [5.41, 5.74) is 6.49. The quantitative estimate of drug-likeness (QED) is 0.507. The zero-order valence-corrected chi connectivity index (χ0v) is 15.6. The Labute approximate surface area is 163 Å². The van der Waals surface area contributed by atoms with Crippen LogP contribution in [-0.2, 0) is 20.8 Å². The number of hydroxylamine groups is 1. The number of aromatic amines is 1. The van der Waals surface area contributed by atoms with E-state index < -0.39 is 0 Å². The lowest BCUT2D eigenvalue weighted by Gasteiger charge is -2.21. The van der Waals surface area contributed by atoms with Gasteiger partial charge >= 0.3 is 0 Å². The van der Waals surface area contributed by atoms with Crippen LogP contribution in [0.2, 0.25) is 0 Å². The van der Waals surface area contributed by atoms with Gasteiger partial charge in [0.25, 0.3) is 5.91 Å². The van der Waals surface area contributed by atoms with E-state index in [1.807, 2.05) is 48.5 Å². The lowest BCUT2D eigenvalue weighted by molar-refractivity contribution is -0.198. The molecule has 6 heteroatoms. The monoisotopic (exact) mass is 377 g/mol. The summed E-state index contributed by atoms with van der Waals surface area (Å²) in [6, 6.07) is 16.0. The summed E-state index contributed by atoms with van der Waals surface area (Å²) in [5, 5.41) is 0. The fraction of sp³-hybridized carbons (Fsp3) is 0.273. The number of fused-ring (bicyclic) bond motifs is 1. The number of hydrogen-bond acceptors (Lipinski definition) is 4. The van der Waals surface area contributed by atoms with Gasteiger partial charge in [0.05, 0.1) is 11.0 Å². The van der Waals surface area contributed by atoms with Gasteiger partial charge in [-0.05, 0) is 42.2 Å². The zero-order chi connectivity index (χ0) is 19.2. The highest BCUT2D eigenvalue weighted by atomic mass is 16.8. The topological polar surface area (TPSA) is 76.2 Å². The van der Waals surface area contributed by atoms with Crippen molar-refractivity contribution in [2.45, 2.75) is 32.0 Å². The van der Waals surface area contributed by atoms with E-state index in [9.17, 15) is 4.79 Å². The molecule has 1 amide bonds. The molecule has 0 aliphatic carbocycles. The van der Waals surface area contributed by atoms with Crippen molar-refractivity contribution in [3.8, 4) is 0 Å². The highest BCUT2D eigenvalue weighted by Gasteiger charge is 2.14. The summed E-state index contributed by atoms with van der Waals surface area (Å²) in [6.07, 6.45) is 6.47. The predicted octanol–water partition coefficient (Wildman–Crippen LogP) is 3.74. The molecule has 3 aromatic rings. The number of nitrogens with zero attached hydrogens (tertiary/aromatic N) is 1.